The van der Waals surface area contributed by atoms with Gasteiger partial charge >= 0.3 is 23.9 Å². The highest BCUT2D eigenvalue weighted by Crippen LogP contribution is 1.97. The van der Waals surface area contributed by atoms with Gasteiger partial charge in [-0.2, -0.15) is 0 Å². The lowest BCUT2D eigenvalue weighted by atomic mass is 10.2. The zero-order valence-corrected chi connectivity index (χ0v) is 20.4. The van der Waals surface area contributed by atoms with E-state index in [1.54, 1.807) is 0 Å². The van der Waals surface area contributed by atoms with Crippen molar-refractivity contribution in [3.8, 4) is 0 Å². The minimum atomic E-state index is -0.672. The summed E-state index contributed by atoms with van der Waals surface area (Å²) >= 11 is 0. The van der Waals surface area contributed by atoms with Crippen LogP contribution in [0.25, 0.3) is 0 Å². The van der Waals surface area contributed by atoms with Crippen LogP contribution in [0.1, 0.15) is 39.5 Å². The van der Waals surface area contributed by atoms with Gasteiger partial charge in [0.25, 0.3) is 0 Å². The number of ketones is 1. The molecule has 0 bridgehead atoms. The standard InChI is InChI=1S/C22H36O13/c1-18(23)3-4-20(25)32-15-13-30-11-9-28-7-8-29-10-12-31-14-16-33-21(26)5-6-22(27)35-17-34-19(2)24/h3-17H2,1-2H3. The number of esters is 4. The summed E-state index contributed by atoms with van der Waals surface area (Å²) in [6.45, 7) is 4.87. The Morgan fingerprint density at radius 3 is 1.14 bits per heavy atom. The first-order chi connectivity index (χ1) is 16.8. The molecule has 35 heavy (non-hydrogen) atoms. The smallest absolute Gasteiger partial charge is 0.309 e. The molecule has 202 valence electrons. The Bertz CT molecular complexity index is 620. The van der Waals surface area contributed by atoms with Gasteiger partial charge in [-0.25, -0.2) is 0 Å². The second kappa shape index (κ2) is 23.1. The van der Waals surface area contributed by atoms with Crippen molar-refractivity contribution in [2.45, 2.75) is 39.5 Å². The molecule has 0 aliphatic heterocycles. The van der Waals surface area contributed by atoms with E-state index in [9.17, 15) is 24.0 Å². The molecule has 0 fully saturated rings. The predicted molar refractivity (Wildman–Crippen MR) is 117 cm³/mol. The Hall–Kier alpha value is -2.61. The van der Waals surface area contributed by atoms with Crippen LogP contribution in [0.5, 0.6) is 0 Å². The lowest BCUT2D eigenvalue weighted by molar-refractivity contribution is -0.167. The van der Waals surface area contributed by atoms with Crippen LogP contribution in [0.15, 0.2) is 0 Å². The number of hydrogen-bond acceptors (Lipinski definition) is 13. The zero-order valence-electron chi connectivity index (χ0n) is 20.4. The monoisotopic (exact) mass is 508 g/mol. The average molecular weight is 509 g/mol. The maximum Gasteiger partial charge on any atom is 0.309 e. The first kappa shape index (κ1) is 32.4. The van der Waals surface area contributed by atoms with Crippen LogP contribution < -0.4 is 0 Å². The molecule has 0 N–H and O–H groups in total. The number of ether oxygens (including phenoxy) is 8. The van der Waals surface area contributed by atoms with Gasteiger partial charge in [-0.15, -0.1) is 0 Å². The van der Waals surface area contributed by atoms with Crippen LogP contribution in [0.3, 0.4) is 0 Å². The normalized spacial score (nSPS) is 10.5. The Morgan fingerprint density at radius 2 is 0.771 bits per heavy atom. The third-order valence-electron chi connectivity index (χ3n) is 3.79. The minimum absolute atomic E-state index is 0.0437. The summed E-state index contributed by atoms with van der Waals surface area (Å²) in [7, 11) is 0. The summed E-state index contributed by atoms with van der Waals surface area (Å²) in [5.41, 5.74) is 0. The van der Waals surface area contributed by atoms with Crippen molar-refractivity contribution in [3.05, 3.63) is 0 Å². The Labute approximate surface area is 204 Å². The average Bonchev–Trinajstić information content (AvgIpc) is 2.80. The van der Waals surface area contributed by atoms with Gasteiger partial charge in [-0.05, 0) is 6.92 Å². The highest BCUT2D eigenvalue weighted by molar-refractivity contribution is 5.81. The molecule has 13 nitrogen and oxygen atoms in total. The molecule has 0 unspecified atom stereocenters. The second-order valence-corrected chi connectivity index (χ2v) is 6.86. The van der Waals surface area contributed by atoms with E-state index in [0.29, 0.717) is 39.6 Å². The quantitative estimate of drug-likeness (QED) is 0.0806. The highest BCUT2D eigenvalue weighted by Gasteiger charge is 2.09. The summed E-state index contributed by atoms with van der Waals surface area (Å²) in [5, 5.41) is 0. The minimum Gasteiger partial charge on any atom is -0.463 e. The summed E-state index contributed by atoms with van der Waals surface area (Å²) in [5.74, 6) is -2.29. The van der Waals surface area contributed by atoms with Crippen LogP contribution in [-0.2, 0) is 61.9 Å². The largest absolute Gasteiger partial charge is 0.463 e. The van der Waals surface area contributed by atoms with Crippen molar-refractivity contribution in [1.29, 1.82) is 0 Å². The molecule has 0 saturated heterocycles. The lowest BCUT2D eigenvalue weighted by Gasteiger charge is -2.08. The molecule has 13 heteroatoms. The molecule has 0 aliphatic rings. The number of carbonyl (C=O) groups excluding carboxylic acids is 5. The molecule has 0 radical (unpaired) electrons. The first-order valence-corrected chi connectivity index (χ1v) is 11.2. The van der Waals surface area contributed by atoms with Gasteiger partial charge in [0.1, 0.15) is 19.0 Å². The summed E-state index contributed by atoms with van der Waals surface area (Å²) in [6.07, 6.45) is -0.0658. The highest BCUT2D eigenvalue weighted by atomic mass is 16.7. The number of Topliss-reactive ketones (excluding diaryl/α,β-unsaturated/α-hetero) is 1. The Kier molecular flexibility index (Phi) is 21.4. The van der Waals surface area contributed by atoms with Gasteiger partial charge in [0.05, 0.1) is 72.1 Å². The van der Waals surface area contributed by atoms with Crippen LogP contribution in [0.2, 0.25) is 0 Å². The van der Waals surface area contributed by atoms with E-state index < -0.39 is 30.7 Å². The van der Waals surface area contributed by atoms with Crippen molar-refractivity contribution < 1.29 is 61.9 Å². The van der Waals surface area contributed by atoms with Gasteiger partial charge < -0.3 is 42.7 Å². The molecular formula is C22H36O13. The second-order valence-electron chi connectivity index (χ2n) is 6.86. The molecule has 0 aromatic carbocycles. The van der Waals surface area contributed by atoms with Gasteiger partial charge in [0.2, 0.25) is 6.79 Å². The van der Waals surface area contributed by atoms with Crippen LogP contribution >= 0.6 is 0 Å². The number of hydrogen-bond donors (Lipinski definition) is 0. The van der Waals surface area contributed by atoms with Crippen LogP contribution in [0.4, 0.5) is 0 Å². The van der Waals surface area contributed by atoms with E-state index in [2.05, 4.69) is 9.47 Å². The maximum absolute atomic E-state index is 11.5. The molecule has 0 saturated carbocycles. The molecule has 0 aromatic heterocycles. The van der Waals surface area contributed by atoms with Crippen molar-refractivity contribution in [1.82, 2.24) is 0 Å². The Balaban J connectivity index is 3.29. The van der Waals surface area contributed by atoms with E-state index in [4.69, 9.17) is 28.4 Å². The van der Waals surface area contributed by atoms with Gasteiger partial charge in [-0.3, -0.25) is 19.2 Å². The van der Waals surface area contributed by atoms with E-state index in [1.807, 2.05) is 0 Å². The van der Waals surface area contributed by atoms with Gasteiger partial charge in [0, 0.05) is 13.3 Å². The summed E-state index contributed by atoms with van der Waals surface area (Å²) in [4.78, 5) is 55.3. The summed E-state index contributed by atoms with van der Waals surface area (Å²) in [6, 6.07) is 0. The predicted octanol–water partition coefficient (Wildman–Crippen LogP) is 0.352. The molecular weight excluding hydrogens is 472 g/mol. The molecule has 0 amide bonds. The van der Waals surface area contributed by atoms with Crippen LogP contribution in [0, 0.1) is 0 Å². The van der Waals surface area contributed by atoms with Crippen molar-refractivity contribution in [2.24, 2.45) is 0 Å². The maximum atomic E-state index is 11.5. The molecule has 0 rings (SSSR count). The van der Waals surface area contributed by atoms with Crippen molar-refractivity contribution >= 4 is 29.7 Å². The molecule has 0 spiro atoms. The zero-order chi connectivity index (χ0) is 26.2. The summed E-state index contributed by atoms with van der Waals surface area (Å²) < 4.78 is 40.0. The molecule has 0 atom stereocenters. The van der Waals surface area contributed by atoms with Crippen molar-refractivity contribution in [3.63, 3.8) is 0 Å². The Morgan fingerprint density at radius 1 is 0.429 bits per heavy atom. The van der Waals surface area contributed by atoms with E-state index >= 15 is 0 Å². The fourth-order valence-electron chi connectivity index (χ4n) is 2.07. The van der Waals surface area contributed by atoms with Crippen molar-refractivity contribution in [2.75, 3.05) is 72.9 Å². The van der Waals surface area contributed by atoms with E-state index in [1.165, 1.54) is 13.8 Å². The number of carbonyl (C=O) groups is 5. The molecule has 0 heterocycles. The van der Waals surface area contributed by atoms with E-state index in [-0.39, 0.29) is 57.9 Å². The first-order valence-electron chi connectivity index (χ1n) is 11.2. The fraction of sp³-hybridized carbons (Fsp3) is 0.773. The third kappa shape index (κ3) is 25.8. The number of rotatable bonds is 23. The lowest BCUT2D eigenvalue weighted by Crippen LogP contribution is -2.16. The van der Waals surface area contributed by atoms with Gasteiger partial charge in [0.15, 0.2) is 0 Å². The topological polar surface area (TPSA) is 159 Å². The fourth-order valence-corrected chi connectivity index (χ4v) is 2.07. The van der Waals surface area contributed by atoms with Crippen LogP contribution in [-0.4, -0.2) is 103 Å². The SMILES string of the molecule is CC(=O)CCC(=O)OCCOCCOCCOCCOCCOC(=O)CCC(=O)OCOC(C)=O. The molecule has 0 aromatic rings. The van der Waals surface area contributed by atoms with Gasteiger partial charge in [-0.1, -0.05) is 0 Å². The third-order valence-corrected chi connectivity index (χ3v) is 3.79. The van der Waals surface area contributed by atoms with E-state index in [0.717, 1.165) is 0 Å². The molecule has 0 aliphatic carbocycles.